The third-order valence-electron chi connectivity index (χ3n) is 2.56. The van der Waals surface area contributed by atoms with Crippen molar-refractivity contribution in [2.75, 3.05) is 19.0 Å². The van der Waals surface area contributed by atoms with Crippen LogP contribution in [0, 0.1) is 0 Å². The highest BCUT2D eigenvalue weighted by Crippen LogP contribution is 2.18. The standard InChI is InChI=1S/C12H16N4O2S/c1-18-5-4-16-8-9(7-14-16)15-12(17)11(13)10-3-2-6-19-10/h2-3,6-8,11H,4-5,13H2,1H3,(H,15,17). The quantitative estimate of drug-likeness (QED) is 0.833. The molecule has 1 amide bonds. The molecule has 0 aliphatic carbocycles. The van der Waals surface area contributed by atoms with Gasteiger partial charge in [0.2, 0.25) is 5.91 Å². The lowest BCUT2D eigenvalue weighted by Crippen LogP contribution is -2.26. The van der Waals surface area contributed by atoms with Crippen molar-refractivity contribution in [2.24, 2.45) is 5.73 Å². The van der Waals surface area contributed by atoms with Gasteiger partial charge in [-0.15, -0.1) is 11.3 Å². The van der Waals surface area contributed by atoms with Crippen LogP contribution < -0.4 is 11.1 Å². The van der Waals surface area contributed by atoms with Gasteiger partial charge in [0, 0.05) is 18.2 Å². The van der Waals surface area contributed by atoms with Gasteiger partial charge >= 0.3 is 0 Å². The number of carbonyl (C=O) groups excluding carboxylic acids is 1. The number of nitrogens with one attached hydrogen (secondary N) is 1. The van der Waals surface area contributed by atoms with Crippen molar-refractivity contribution in [2.45, 2.75) is 12.6 Å². The minimum absolute atomic E-state index is 0.242. The van der Waals surface area contributed by atoms with Gasteiger partial charge in [-0.3, -0.25) is 9.48 Å². The van der Waals surface area contributed by atoms with Crippen LogP contribution >= 0.6 is 11.3 Å². The highest BCUT2D eigenvalue weighted by atomic mass is 32.1. The van der Waals surface area contributed by atoms with Crippen LogP contribution in [-0.4, -0.2) is 29.4 Å². The van der Waals surface area contributed by atoms with Crippen LogP contribution in [-0.2, 0) is 16.1 Å². The number of carbonyl (C=O) groups is 1. The first-order chi connectivity index (χ1) is 9.20. The third kappa shape index (κ3) is 3.63. The Morgan fingerprint density at radius 1 is 1.68 bits per heavy atom. The van der Waals surface area contributed by atoms with Crippen LogP contribution in [0.5, 0.6) is 0 Å². The van der Waals surface area contributed by atoms with E-state index < -0.39 is 6.04 Å². The minimum atomic E-state index is -0.651. The zero-order valence-electron chi connectivity index (χ0n) is 10.6. The van der Waals surface area contributed by atoms with Crippen molar-refractivity contribution >= 4 is 22.9 Å². The molecule has 0 radical (unpaired) electrons. The molecule has 2 aromatic rings. The largest absolute Gasteiger partial charge is 0.383 e. The Balaban J connectivity index is 1.93. The second kappa shape index (κ2) is 6.46. The van der Waals surface area contributed by atoms with E-state index in [9.17, 15) is 4.79 Å². The summed E-state index contributed by atoms with van der Waals surface area (Å²) in [5, 5.41) is 8.75. The number of rotatable bonds is 6. The summed E-state index contributed by atoms with van der Waals surface area (Å²) < 4.78 is 6.66. The summed E-state index contributed by atoms with van der Waals surface area (Å²) in [6.07, 6.45) is 3.34. The van der Waals surface area contributed by atoms with Gasteiger partial charge in [0.1, 0.15) is 6.04 Å². The number of anilines is 1. The summed E-state index contributed by atoms with van der Waals surface area (Å²) in [7, 11) is 1.63. The van der Waals surface area contributed by atoms with Crippen molar-refractivity contribution < 1.29 is 9.53 Å². The summed E-state index contributed by atoms with van der Waals surface area (Å²) in [6.45, 7) is 1.22. The summed E-state index contributed by atoms with van der Waals surface area (Å²) in [5.74, 6) is -0.242. The van der Waals surface area contributed by atoms with E-state index in [4.69, 9.17) is 10.5 Å². The Labute approximate surface area is 115 Å². The van der Waals surface area contributed by atoms with Crippen LogP contribution in [0.2, 0.25) is 0 Å². The number of amides is 1. The number of nitrogens with two attached hydrogens (primary N) is 1. The maximum absolute atomic E-state index is 11.9. The van der Waals surface area contributed by atoms with E-state index in [1.165, 1.54) is 11.3 Å². The van der Waals surface area contributed by atoms with E-state index in [2.05, 4.69) is 10.4 Å². The van der Waals surface area contributed by atoms with Crippen LogP contribution in [0.4, 0.5) is 5.69 Å². The molecular formula is C12H16N4O2S. The number of nitrogens with zero attached hydrogens (tertiary/aromatic N) is 2. The first kappa shape index (κ1) is 13.7. The van der Waals surface area contributed by atoms with E-state index in [0.717, 1.165) is 4.88 Å². The number of aromatic nitrogens is 2. The van der Waals surface area contributed by atoms with E-state index in [1.807, 2.05) is 17.5 Å². The fraction of sp³-hybridized carbons (Fsp3) is 0.333. The van der Waals surface area contributed by atoms with E-state index in [1.54, 1.807) is 24.2 Å². The van der Waals surface area contributed by atoms with E-state index in [0.29, 0.717) is 18.8 Å². The van der Waals surface area contributed by atoms with Gasteiger partial charge in [-0.1, -0.05) is 6.07 Å². The Morgan fingerprint density at radius 2 is 2.53 bits per heavy atom. The lowest BCUT2D eigenvalue weighted by molar-refractivity contribution is -0.117. The Morgan fingerprint density at radius 3 is 3.21 bits per heavy atom. The topological polar surface area (TPSA) is 82.2 Å². The number of thiophene rings is 1. The van der Waals surface area contributed by atoms with Gasteiger partial charge in [0.15, 0.2) is 0 Å². The maximum atomic E-state index is 11.9. The molecule has 0 bridgehead atoms. The van der Waals surface area contributed by atoms with Crippen LogP contribution in [0.15, 0.2) is 29.9 Å². The Bertz CT molecular complexity index is 524. The molecule has 2 heterocycles. The Kier molecular flexibility index (Phi) is 4.67. The molecule has 1 unspecified atom stereocenters. The van der Waals surface area contributed by atoms with Crippen molar-refractivity contribution in [3.63, 3.8) is 0 Å². The summed E-state index contributed by atoms with van der Waals surface area (Å²) in [6, 6.07) is 3.06. The fourth-order valence-corrected chi connectivity index (χ4v) is 2.28. The molecule has 3 N–H and O–H groups in total. The average molecular weight is 280 g/mol. The highest BCUT2D eigenvalue weighted by molar-refractivity contribution is 7.10. The predicted octanol–water partition coefficient (Wildman–Crippen LogP) is 1.23. The molecule has 0 aliphatic rings. The molecule has 0 fully saturated rings. The first-order valence-electron chi connectivity index (χ1n) is 5.82. The van der Waals surface area contributed by atoms with Crippen molar-refractivity contribution in [3.8, 4) is 0 Å². The zero-order valence-corrected chi connectivity index (χ0v) is 11.4. The van der Waals surface area contributed by atoms with Gasteiger partial charge in [-0.05, 0) is 11.4 Å². The van der Waals surface area contributed by atoms with Crippen molar-refractivity contribution in [1.82, 2.24) is 9.78 Å². The van der Waals surface area contributed by atoms with Crippen molar-refractivity contribution in [1.29, 1.82) is 0 Å². The van der Waals surface area contributed by atoms with E-state index in [-0.39, 0.29) is 5.91 Å². The molecule has 0 aliphatic heterocycles. The van der Waals surface area contributed by atoms with Gasteiger partial charge < -0.3 is 15.8 Å². The molecule has 2 rings (SSSR count). The van der Waals surface area contributed by atoms with Gasteiger partial charge in [-0.2, -0.15) is 5.10 Å². The SMILES string of the molecule is COCCn1cc(NC(=O)C(N)c2cccs2)cn1. The monoisotopic (exact) mass is 280 g/mol. The Hall–Kier alpha value is -1.70. The molecule has 0 spiro atoms. The molecule has 2 aromatic heterocycles. The summed E-state index contributed by atoms with van der Waals surface area (Å²) >= 11 is 1.46. The molecule has 19 heavy (non-hydrogen) atoms. The molecule has 1 atom stereocenters. The zero-order chi connectivity index (χ0) is 13.7. The molecular weight excluding hydrogens is 264 g/mol. The second-order valence-electron chi connectivity index (χ2n) is 3.97. The van der Waals surface area contributed by atoms with Crippen molar-refractivity contribution in [3.05, 3.63) is 34.8 Å². The maximum Gasteiger partial charge on any atom is 0.246 e. The molecule has 6 nitrogen and oxygen atoms in total. The van der Waals surface area contributed by atoms with E-state index >= 15 is 0 Å². The fourth-order valence-electron chi connectivity index (χ4n) is 1.55. The van der Waals surface area contributed by atoms with Gasteiger partial charge in [0.25, 0.3) is 0 Å². The highest BCUT2D eigenvalue weighted by Gasteiger charge is 2.17. The van der Waals surface area contributed by atoms with Gasteiger partial charge in [0.05, 0.1) is 25.0 Å². The molecule has 102 valence electrons. The van der Waals surface area contributed by atoms with Crippen LogP contribution in [0.25, 0.3) is 0 Å². The molecule has 0 saturated carbocycles. The number of ether oxygens (including phenoxy) is 1. The summed E-state index contributed by atoms with van der Waals surface area (Å²) in [5.41, 5.74) is 6.50. The smallest absolute Gasteiger partial charge is 0.246 e. The third-order valence-corrected chi connectivity index (χ3v) is 3.51. The molecule has 7 heteroatoms. The minimum Gasteiger partial charge on any atom is -0.383 e. The molecule has 0 saturated heterocycles. The number of hydrogen-bond acceptors (Lipinski definition) is 5. The molecule has 0 aromatic carbocycles. The number of hydrogen-bond donors (Lipinski definition) is 2. The normalized spacial score (nSPS) is 12.3. The first-order valence-corrected chi connectivity index (χ1v) is 6.70. The van der Waals surface area contributed by atoms with Crippen LogP contribution in [0.1, 0.15) is 10.9 Å². The average Bonchev–Trinajstić information content (AvgIpc) is 3.06. The van der Waals surface area contributed by atoms with Crippen LogP contribution in [0.3, 0.4) is 0 Å². The van der Waals surface area contributed by atoms with Gasteiger partial charge in [-0.25, -0.2) is 0 Å². The second-order valence-corrected chi connectivity index (χ2v) is 4.95. The lowest BCUT2D eigenvalue weighted by atomic mass is 10.2. The predicted molar refractivity (Wildman–Crippen MR) is 74.0 cm³/mol. The lowest BCUT2D eigenvalue weighted by Gasteiger charge is -2.08. The summed E-state index contributed by atoms with van der Waals surface area (Å²) in [4.78, 5) is 12.8. The number of methoxy groups -OCH3 is 1.